The summed E-state index contributed by atoms with van der Waals surface area (Å²) in [4.78, 5) is 15.7. The molecule has 0 aromatic carbocycles. The van der Waals surface area contributed by atoms with Crippen LogP contribution in [-0.2, 0) is 27.8 Å². The van der Waals surface area contributed by atoms with Crippen LogP contribution in [-0.4, -0.2) is 36.5 Å². The maximum atomic E-state index is 12.4. The van der Waals surface area contributed by atoms with Crippen molar-refractivity contribution in [2.24, 2.45) is 5.41 Å². The minimum atomic E-state index is -3.64. The lowest BCUT2D eigenvalue weighted by Gasteiger charge is -2.25. The summed E-state index contributed by atoms with van der Waals surface area (Å²) in [7, 11) is -3.64. The Bertz CT molecular complexity index is 669. The number of aryl methyl sites for hydroxylation is 2. The van der Waals surface area contributed by atoms with Gasteiger partial charge in [-0.25, -0.2) is 18.1 Å². The summed E-state index contributed by atoms with van der Waals surface area (Å²) in [6, 6.07) is -0.202. The van der Waals surface area contributed by atoms with E-state index in [0.29, 0.717) is 6.42 Å². The van der Waals surface area contributed by atoms with Gasteiger partial charge in [-0.2, -0.15) is 0 Å². The van der Waals surface area contributed by atoms with Gasteiger partial charge in [0.25, 0.3) is 10.0 Å². The predicted octanol–water partition coefficient (Wildman–Crippen LogP) is 0.412. The van der Waals surface area contributed by atoms with Crippen LogP contribution >= 0.6 is 0 Å². The van der Waals surface area contributed by atoms with Crippen LogP contribution in [0.25, 0.3) is 0 Å². The van der Waals surface area contributed by atoms with E-state index in [1.807, 2.05) is 18.4 Å². The fourth-order valence-electron chi connectivity index (χ4n) is 3.09. The lowest BCUT2D eigenvalue weighted by Crippen LogP contribution is -2.44. The summed E-state index contributed by atoms with van der Waals surface area (Å²) in [6.45, 7) is 4.92. The first-order valence-corrected chi connectivity index (χ1v) is 9.11. The van der Waals surface area contributed by atoms with E-state index in [9.17, 15) is 13.2 Å². The zero-order chi connectivity index (χ0) is 16.0. The van der Waals surface area contributed by atoms with Crippen LogP contribution in [0, 0.1) is 5.41 Å². The SMILES string of the molecule is CC1(C)CC(=O)NC1CNS(=O)(=O)c1cn2c(n1)CCCC2. The lowest BCUT2D eigenvalue weighted by atomic mass is 9.85. The molecule has 0 aliphatic carbocycles. The van der Waals surface area contributed by atoms with Crippen molar-refractivity contribution in [2.45, 2.75) is 57.1 Å². The van der Waals surface area contributed by atoms with Gasteiger partial charge in [0.2, 0.25) is 5.91 Å². The summed E-state index contributed by atoms with van der Waals surface area (Å²) in [5, 5.41) is 2.90. The van der Waals surface area contributed by atoms with Crippen molar-refractivity contribution in [3.63, 3.8) is 0 Å². The highest BCUT2D eigenvalue weighted by Gasteiger charge is 2.39. The highest BCUT2D eigenvalue weighted by atomic mass is 32.2. The Kier molecular flexibility index (Phi) is 3.76. The van der Waals surface area contributed by atoms with Crippen molar-refractivity contribution in [3.05, 3.63) is 12.0 Å². The van der Waals surface area contributed by atoms with Crippen LogP contribution in [0.3, 0.4) is 0 Å². The number of fused-ring (bicyclic) bond motifs is 1. The minimum Gasteiger partial charge on any atom is -0.351 e. The van der Waals surface area contributed by atoms with Crippen molar-refractivity contribution in [2.75, 3.05) is 6.54 Å². The van der Waals surface area contributed by atoms with Crippen molar-refractivity contribution < 1.29 is 13.2 Å². The van der Waals surface area contributed by atoms with Gasteiger partial charge in [0.15, 0.2) is 5.03 Å². The molecule has 1 fully saturated rings. The summed E-state index contributed by atoms with van der Waals surface area (Å²) in [6.07, 6.45) is 4.94. The van der Waals surface area contributed by atoms with Gasteiger partial charge in [-0.05, 0) is 18.3 Å². The number of hydrogen-bond acceptors (Lipinski definition) is 4. The van der Waals surface area contributed by atoms with Crippen molar-refractivity contribution in [3.8, 4) is 0 Å². The summed E-state index contributed by atoms with van der Waals surface area (Å²) in [5.74, 6) is 0.799. The van der Waals surface area contributed by atoms with E-state index in [1.165, 1.54) is 0 Å². The average molecular weight is 326 g/mol. The third kappa shape index (κ3) is 2.89. The molecule has 2 aliphatic rings. The average Bonchev–Trinajstić information content (AvgIpc) is 2.97. The van der Waals surface area contributed by atoms with Gasteiger partial charge in [-0.15, -0.1) is 0 Å². The Hall–Kier alpha value is -1.41. The second-order valence-corrected chi connectivity index (χ2v) is 8.50. The number of nitrogens with zero attached hydrogens (tertiary/aromatic N) is 2. The third-order valence-corrected chi connectivity index (χ3v) is 5.83. The van der Waals surface area contributed by atoms with Gasteiger partial charge in [0.05, 0.1) is 0 Å². The quantitative estimate of drug-likeness (QED) is 0.838. The molecule has 0 spiro atoms. The van der Waals surface area contributed by atoms with Crippen molar-refractivity contribution in [1.29, 1.82) is 0 Å². The molecule has 0 saturated carbocycles. The highest BCUT2D eigenvalue weighted by Crippen LogP contribution is 2.30. The first kappa shape index (κ1) is 15.5. The summed E-state index contributed by atoms with van der Waals surface area (Å²) < 4.78 is 29.3. The first-order valence-electron chi connectivity index (χ1n) is 7.63. The maximum Gasteiger partial charge on any atom is 0.259 e. The van der Waals surface area contributed by atoms with Crippen molar-refractivity contribution >= 4 is 15.9 Å². The molecule has 1 aromatic heterocycles. The third-order valence-electron chi connectivity index (χ3n) is 4.53. The molecule has 2 N–H and O–H groups in total. The number of aromatic nitrogens is 2. The van der Waals surface area contributed by atoms with Gasteiger partial charge < -0.3 is 9.88 Å². The van der Waals surface area contributed by atoms with Crippen LogP contribution in [0.2, 0.25) is 0 Å². The molecule has 8 heteroatoms. The van der Waals surface area contributed by atoms with Gasteiger partial charge in [-0.3, -0.25) is 4.79 Å². The molecular formula is C14H22N4O3S. The van der Waals surface area contributed by atoms with Gasteiger partial charge in [-0.1, -0.05) is 13.8 Å². The van der Waals surface area contributed by atoms with E-state index < -0.39 is 10.0 Å². The van der Waals surface area contributed by atoms with E-state index in [1.54, 1.807) is 6.20 Å². The largest absolute Gasteiger partial charge is 0.351 e. The molecule has 0 bridgehead atoms. The van der Waals surface area contributed by atoms with Crippen LogP contribution in [0.5, 0.6) is 0 Å². The Morgan fingerprint density at radius 2 is 2.23 bits per heavy atom. The molecule has 1 atom stereocenters. The second-order valence-electron chi connectivity index (χ2n) is 6.78. The topological polar surface area (TPSA) is 93.1 Å². The molecule has 0 radical (unpaired) electrons. The number of carbonyl (C=O) groups is 1. The Labute approximate surface area is 130 Å². The standard InChI is InChI=1S/C14H22N4O3S/c1-14(2)7-12(19)16-10(14)8-15-22(20,21)13-9-18-6-4-3-5-11(18)17-13/h9-10,15H,3-8H2,1-2H3,(H,16,19). The Morgan fingerprint density at radius 3 is 2.86 bits per heavy atom. The molecule has 3 heterocycles. The minimum absolute atomic E-state index is 0.0355. The van der Waals surface area contributed by atoms with E-state index in [2.05, 4.69) is 15.0 Å². The molecule has 1 unspecified atom stereocenters. The normalized spacial score (nSPS) is 24.1. The number of sulfonamides is 1. The smallest absolute Gasteiger partial charge is 0.259 e. The molecule has 2 aliphatic heterocycles. The molecule has 122 valence electrons. The van der Waals surface area contributed by atoms with Crippen LogP contribution in [0.4, 0.5) is 0 Å². The number of nitrogens with one attached hydrogen (secondary N) is 2. The fourth-order valence-corrected chi connectivity index (χ4v) is 4.11. The van der Waals surface area contributed by atoms with Crippen LogP contribution < -0.4 is 10.0 Å². The summed E-state index contributed by atoms with van der Waals surface area (Å²) in [5.41, 5.74) is -0.257. The van der Waals surface area contributed by atoms with E-state index in [4.69, 9.17) is 0 Å². The molecule has 22 heavy (non-hydrogen) atoms. The maximum absolute atomic E-state index is 12.4. The van der Waals surface area contributed by atoms with Crippen LogP contribution in [0.1, 0.15) is 38.9 Å². The fraction of sp³-hybridized carbons (Fsp3) is 0.714. The zero-order valence-corrected chi connectivity index (χ0v) is 13.7. The first-order chi connectivity index (χ1) is 10.3. The number of rotatable bonds is 4. The van der Waals surface area contributed by atoms with Crippen molar-refractivity contribution in [1.82, 2.24) is 19.6 Å². The van der Waals surface area contributed by atoms with E-state index >= 15 is 0 Å². The second kappa shape index (κ2) is 5.34. The Morgan fingerprint density at radius 1 is 1.45 bits per heavy atom. The molecule has 3 rings (SSSR count). The predicted molar refractivity (Wildman–Crippen MR) is 80.7 cm³/mol. The molecule has 7 nitrogen and oxygen atoms in total. The number of carbonyl (C=O) groups excluding carboxylic acids is 1. The van der Waals surface area contributed by atoms with Gasteiger partial charge in [0.1, 0.15) is 5.82 Å². The highest BCUT2D eigenvalue weighted by molar-refractivity contribution is 7.89. The molecule has 1 aromatic rings. The van der Waals surface area contributed by atoms with Gasteiger partial charge in [0, 0.05) is 38.2 Å². The molecule has 1 amide bonds. The number of imidazole rings is 1. The summed E-state index contributed by atoms with van der Waals surface area (Å²) >= 11 is 0. The molecule has 1 saturated heterocycles. The number of amides is 1. The lowest BCUT2D eigenvalue weighted by molar-refractivity contribution is -0.119. The van der Waals surface area contributed by atoms with E-state index in [-0.39, 0.29) is 28.9 Å². The zero-order valence-electron chi connectivity index (χ0n) is 12.9. The monoisotopic (exact) mass is 326 g/mol. The van der Waals surface area contributed by atoms with E-state index in [0.717, 1.165) is 31.6 Å². The van der Waals surface area contributed by atoms with Crippen LogP contribution in [0.15, 0.2) is 11.2 Å². The van der Waals surface area contributed by atoms with Gasteiger partial charge >= 0.3 is 0 Å². The number of hydrogen-bond donors (Lipinski definition) is 2. The Balaban J connectivity index is 1.71. The molecular weight excluding hydrogens is 304 g/mol.